The number of hydrogen-bond donors (Lipinski definition) is 1. The molecule has 98 valence electrons. The Morgan fingerprint density at radius 1 is 1.15 bits per heavy atom. The van der Waals surface area contributed by atoms with Gasteiger partial charge in [-0.25, -0.2) is 0 Å². The second-order valence-corrected chi connectivity index (χ2v) is 5.44. The number of H-pyrrole nitrogens is 1. The van der Waals surface area contributed by atoms with Crippen LogP contribution in [0.15, 0.2) is 36.5 Å². The molecule has 0 saturated heterocycles. The summed E-state index contributed by atoms with van der Waals surface area (Å²) in [5.41, 5.74) is 1.66. The predicted molar refractivity (Wildman–Crippen MR) is 76.7 cm³/mol. The highest BCUT2D eigenvalue weighted by atomic mass is 35.5. The summed E-state index contributed by atoms with van der Waals surface area (Å²) in [4.78, 5) is 0.713. The average molecular weight is 303 g/mol. The van der Waals surface area contributed by atoms with Crippen LogP contribution in [0, 0.1) is 0 Å². The van der Waals surface area contributed by atoms with Crippen LogP contribution >= 0.6 is 22.9 Å². The molecule has 4 aromatic rings. The smallest absolute Gasteiger partial charge is 0.235 e. The van der Waals surface area contributed by atoms with Crippen molar-refractivity contribution in [2.24, 2.45) is 0 Å². The molecule has 3 heterocycles. The Morgan fingerprint density at radius 3 is 2.85 bits per heavy atom. The van der Waals surface area contributed by atoms with Crippen molar-refractivity contribution in [1.82, 2.24) is 30.0 Å². The van der Waals surface area contributed by atoms with Crippen molar-refractivity contribution in [3.8, 4) is 22.1 Å². The van der Waals surface area contributed by atoms with Crippen LogP contribution in [0.1, 0.15) is 0 Å². The molecular weight excluding hydrogens is 296 g/mol. The number of aromatic amines is 1. The molecule has 0 fully saturated rings. The fourth-order valence-electron chi connectivity index (χ4n) is 1.91. The van der Waals surface area contributed by atoms with Gasteiger partial charge in [0.1, 0.15) is 0 Å². The number of rotatable bonds is 2. The van der Waals surface area contributed by atoms with Gasteiger partial charge in [-0.15, -0.1) is 10.2 Å². The summed E-state index contributed by atoms with van der Waals surface area (Å²) in [6.07, 6.45) is 1.69. The Labute approximate surface area is 122 Å². The third-order valence-corrected chi connectivity index (χ3v) is 4.10. The molecule has 0 saturated carbocycles. The molecule has 4 rings (SSSR count). The van der Waals surface area contributed by atoms with E-state index < -0.39 is 0 Å². The highest BCUT2D eigenvalue weighted by Crippen LogP contribution is 2.29. The molecule has 0 atom stereocenters. The molecule has 3 aromatic heterocycles. The zero-order valence-electron chi connectivity index (χ0n) is 9.99. The van der Waals surface area contributed by atoms with Crippen molar-refractivity contribution >= 4 is 27.9 Å². The molecule has 0 spiro atoms. The lowest BCUT2D eigenvalue weighted by atomic mass is 10.2. The molecule has 0 aliphatic rings. The van der Waals surface area contributed by atoms with Crippen LogP contribution in [0.25, 0.3) is 27.1 Å². The Balaban J connectivity index is 1.92. The number of nitrogens with zero attached hydrogens (tertiary/aromatic N) is 5. The van der Waals surface area contributed by atoms with Gasteiger partial charge in [-0.2, -0.15) is 14.7 Å². The van der Waals surface area contributed by atoms with E-state index in [1.165, 1.54) is 11.3 Å². The van der Waals surface area contributed by atoms with Crippen LogP contribution < -0.4 is 0 Å². The summed E-state index contributed by atoms with van der Waals surface area (Å²) in [7, 11) is 0. The van der Waals surface area contributed by atoms with Gasteiger partial charge in [-0.3, -0.25) is 5.10 Å². The number of hydrogen-bond acceptors (Lipinski definition) is 5. The maximum atomic E-state index is 6.20. The van der Waals surface area contributed by atoms with E-state index in [4.69, 9.17) is 11.6 Å². The summed E-state index contributed by atoms with van der Waals surface area (Å²) in [6, 6.07) is 9.36. The molecule has 1 aromatic carbocycles. The maximum Gasteiger partial charge on any atom is 0.235 e. The van der Waals surface area contributed by atoms with E-state index in [0.29, 0.717) is 15.8 Å². The van der Waals surface area contributed by atoms with E-state index in [1.54, 1.807) is 10.7 Å². The SMILES string of the molecule is Clc1ccccc1-c1nnc2sc(-c3ccn[nH]3)nn12. The Kier molecular flexibility index (Phi) is 2.54. The zero-order chi connectivity index (χ0) is 13.5. The topological polar surface area (TPSA) is 71.8 Å². The fourth-order valence-corrected chi connectivity index (χ4v) is 2.95. The van der Waals surface area contributed by atoms with Crippen LogP contribution in [-0.4, -0.2) is 30.0 Å². The second kappa shape index (κ2) is 4.39. The van der Waals surface area contributed by atoms with Crippen LogP contribution in [0.4, 0.5) is 0 Å². The van der Waals surface area contributed by atoms with Gasteiger partial charge in [0.05, 0.1) is 10.7 Å². The number of fused-ring (bicyclic) bond motifs is 1. The summed E-state index contributed by atoms with van der Waals surface area (Å²) >= 11 is 7.64. The number of aromatic nitrogens is 6. The zero-order valence-corrected chi connectivity index (χ0v) is 11.6. The number of halogens is 1. The first-order valence-corrected chi connectivity index (χ1v) is 6.99. The molecule has 6 nitrogen and oxygen atoms in total. The van der Waals surface area contributed by atoms with Crippen molar-refractivity contribution in [3.05, 3.63) is 41.6 Å². The largest absolute Gasteiger partial charge is 0.275 e. The third kappa shape index (κ3) is 1.71. The van der Waals surface area contributed by atoms with Crippen molar-refractivity contribution in [2.75, 3.05) is 0 Å². The minimum atomic E-state index is 0.623. The third-order valence-electron chi connectivity index (χ3n) is 2.84. The van der Waals surface area contributed by atoms with Crippen molar-refractivity contribution in [3.63, 3.8) is 0 Å². The summed E-state index contributed by atoms with van der Waals surface area (Å²) < 4.78 is 1.70. The normalized spacial score (nSPS) is 11.2. The van der Waals surface area contributed by atoms with Crippen molar-refractivity contribution in [1.29, 1.82) is 0 Å². The quantitative estimate of drug-likeness (QED) is 0.618. The van der Waals surface area contributed by atoms with Gasteiger partial charge in [-0.1, -0.05) is 35.1 Å². The van der Waals surface area contributed by atoms with E-state index in [-0.39, 0.29) is 0 Å². The molecular formula is C12H7ClN6S. The molecule has 0 aliphatic heterocycles. The average Bonchev–Trinajstić information content (AvgIpc) is 3.15. The van der Waals surface area contributed by atoms with E-state index in [2.05, 4.69) is 25.5 Å². The highest BCUT2D eigenvalue weighted by molar-refractivity contribution is 7.19. The van der Waals surface area contributed by atoms with Crippen LogP contribution in [0.2, 0.25) is 5.02 Å². The lowest BCUT2D eigenvalue weighted by Gasteiger charge is -1.99. The van der Waals surface area contributed by atoms with Gasteiger partial charge in [0.15, 0.2) is 10.8 Å². The van der Waals surface area contributed by atoms with Crippen molar-refractivity contribution < 1.29 is 0 Å². The van der Waals surface area contributed by atoms with Crippen LogP contribution in [0.3, 0.4) is 0 Å². The minimum Gasteiger partial charge on any atom is -0.275 e. The molecule has 20 heavy (non-hydrogen) atoms. The van der Waals surface area contributed by atoms with E-state index in [1.807, 2.05) is 30.3 Å². The Bertz CT molecular complexity index is 879. The van der Waals surface area contributed by atoms with Gasteiger partial charge in [0, 0.05) is 11.8 Å². The summed E-state index contributed by atoms with van der Waals surface area (Å²) in [6.45, 7) is 0. The molecule has 0 bridgehead atoms. The number of nitrogens with one attached hydrogen (secondary N) is 1. The molecule has 1 N–H and O–H groups in total. The lowest BCUT2D eigenvalue weighted by Crippen LogP contribution is -1.91. The summed E-state index contributed by atoms with van der Waals surface area (Å²) in [5, 5.41) is 21.1. The van der Waals surface area contributed by atoms with Gasteiger partial charge in [-0.05, 0) is 18.2 Å². The van der Waals surface area contributed by atoms with Crippen molar-refractivity contribution in [2.45, 2.75) is 0 Å². The first-order chi connectivity index (χ1) is 9.83. The van der Waals surface area contributed by atoms with Crippen LogP contribution in [0.5, 0.6) is 0 Å². The lowest BCUT2D eigenvalue weighted by molar-refractivity contribution is 0.964. The van der Waals surface area contributed by atoms with Gasteiger partial charge >= 0.3 is 0 Å². The fraction of sp³-hybridized carbons (Fsp3) is 0. The molecule has 0 unspecified atom stereocenters. The van der Waals surface area contributed by atoms with Crippen LogP contribution in [-0.2, 0) is 0 Å². The standard InChI is InChI=1S/C12H7ClN6S/c13-8-4-2-1-3-7(8)10-16-17-12-19(10)18-11(20-12)9-5-6-14-15-9/h1-6H,(H,14,15). The molecule has 0 aliphatic carbocycles. The highest BCUT2D eigenvalue weighted by Gasteiger charge is 2.16. The monoisotopic (exact) mass is 302 g/mol. The predicted octanol–water partition coefficient (Wildman–Crippen LogP) is 2.90. The van der Waals surface area contributed by atoms with E-state index >= 15 is 0 Å². The molecule has 0 radical (unpaired) electrons. The number of benzene rings is 1. The Morgan fingerprint density at radius 2 is 2.05 bits per heavy atom. The molecule has 0 amide bonds. The van der Waals surface area contributed by atoms with Gasteiger partial charge < -0.3 is 0 Å². The van der Waals surface area contributed by atoms with Gasteiger partial charge in [0.2, 0.25) is 4.96 Å². The second-order valence-electron chi connectivity index (χ2n) is 4.08. The van der Waals surface area contributed by atoms with E-state index in [9.17, 15) is 0 Å². The first kappa shape index (κ1) is 11.6. The first-order valence-electron chi connectivity index (χ1n) is 5.80. The van der Waals surface area contributed by atoms with E-state index in [0.717, 1.165) is 16.3 Å². The molecule has 8 heteroatoms. The van der Waals surface area contributed by atoms with Gasteiger partial charge in [0.25, 0.3) is 0 Å². The summed E-state index contributed by atoms with van der Waals surface area (Å²) in [5.74, 6) is 0.632. The Hall–Kier alpha value is -2.25. The minimum absolute atomic E-state index is 0.623. The maximum absolute atomic E-state index is 6.20.